The molecule has 1 aromatic carbocycles. The molecule has 1 aliphatic heterocycles. The van der Waals surface area contributed by atoms with Gasteiger partial charge in [0, 0.05) is 38.9 Å². The number of amides is 1. The van der Waals surface area contributed by atoms with Crippen LogP contribution in [0.25, 0.3) is 16.2 Å². The molecule has 1 amide bonds. The molecule has 8 heteroatoms. The molecular formula is C22H20FN5OS. The molecule has 5 rings (SSSR count). The third-order valence-electron chi connectivity index (χ3n) is 5.36. The predicted octanol–water partition coefficient (Wildman–Crippen LogP) is 3.55. The minimum Gasteiger partial charge on any atom is -0.336 e. The summed E-state index contributed by atoms with van der Waals surface area (Å²) in [7, 11) is 0. The molecule has 0 radical (unpaired) electrons. The zero-order chi connectivity index (χ0) is 20.5. The third-order valence-corrected chi connectivity index (χ3v) is 6.25. The molecule has 152 valence electrons. The van der Waals surface area contributed by atoms with Crippen LogP contribution in [0.2, 0.25) is 0 Å². The first-order chi connectivity index (χ1) is 14.7. The Morgan fingerprint density at radius 1 is 1.10 bits per heavy atom. The van der Waals surface area contributed by atoms with E-state index < -0.39 is 0 Å². The Bertz CT molecular complexity index is 1180. The highest BCUT2D eigenvalue weighted by Gasteiger charge is 2.25. The number of piperazine rings is 1. The van der Waals surface area contributed by atoms with Crippen molar-refractivity contribution >= 4 is 22.9 Å². The quantitative estimate of drug-likeness (QED) is 0.506. The van der Waals surface area contributed by atoms with Crippen LogP contribution in [0, 0.1) is 5.82 Å². The van der Waals surface area contributed by atoms with Crippen molar-refractivity contribution in [2.45, 2.75) is 6.54 Å². The van der Waals surface area contributed by atoms with Crippen molar-refractivity contribution in [2.75, 3.05) is 26.2 Å². The van der Waals surface area contributed by atoms with E-state index >= 15 is 0 Å². The van der Waals surface area contributed by atoms with Gasteiger partial charge in [0.1, 0.15) is 11.4 Å². The van der Waals surface area contributed by atoms with E-state index in [0.717, 1.165) is 29.2 Å². The number of benzene rings is 1. The SMILES string of the molecule is O=C(c1cnn2c(-c3cccs3)ccnc12)N1CCN(Cc2cccc(F)c2)CC1. The Labute approximate surface area is 177 Å². The fourth-order valence-electron chi connectivity index (χ4n) is 3.83. The molecular weight excluding hydrogens is 401 g/mol. The molecule has 0 atom stereocenters. The summed E-state index contributed by atoms with van der Waals surface area (Å²) < 4.78 is 15.1. The number of carbonyl (C=O) groups is 1. The molecule has 0 aliphatic carbocycles. The molecule has 0 N–H and O–H groups in total. The first kappa shape index (κ1) is 18.9. The minimum absolute atomic E-state index is 0.0498. The summed E-state index contributed by atoms with van der Waals surface area (Å²) in [5, 5.41) is 6.45. The maximum absolute atomic E-state index is 13.4. The highest BCUT2D eigenvalue weighted by molar-refractivity contribution is 7.13. The van der Waals surface area contributed by atoms with Crippen molar-refractivity contribution in [1.82, 2.24) is 24.4 Å². The van der Waals surface area contributed by atoms with Gasteiger partial charge in [-0.05, 0) is 35.2 Å². The average molecular weight is 422 g/mol. The van der Waals surface area contributed by atoms with Crippen LogP contribution >= 0.6 is 11.3 Å². The standard InChI is InChI=1S/C22H20FN5OS/c23-17-4-1-3-16(13-17)15-26-8-10-27(11-9-26)22(29)18-14-25-28-19(6-7-24-21(18)28)20-5-2-12-30-20/h1-7,12-14H,8-11,15H2. The number of halogens is 1. The van der Waals surface area contributed by atoms with Crippen molar-refractivity contribution in [3.8, 4) is 10.6 Å². The van der Waals surface area contributed by atoms with Crippen LogP contribution in [0.1, 0.15) is 15.9 Å². The number of nitrogens with zero attached hydrogens (tertiary/aromatic N) is 5. The van der Waals surface area contributed by atoms with Crippen molar-refractivity contribution in [3.63, 3.8) is 0 Å². The smallest absolute Gasteiger partial charge is 0.259 e. The first-order valence-corrected chi connectivity index (χ1v) is 10.7. The van der Waals surface area contributed by atoms with Gasteiger partial charge < -0.3 is 4.90 Å². The molecule has 0 bridgehead atoms. The lowest BCUT2D eigenvalue weighted by Crippen LogP contribution is -2.48. The molecule has 1 aliphatic rings. The van der Waals surface area contributed by atoms with E-state index in [1.807, 2.05) is 34.5 Å². The number of hydrogen-bond acceptors (Lipinski definition) is 5. The highest BCUT2D eigenvalue weighted by atomic mass is 32.1. The van der Waals surface area contributed by atoms with Crippen LogP contribution in [-0.4, -0.2) is 56.5 Å². The molecule has 3 aromatic heterocycles. The topological polar surface area (TPSA) is 53.7 Å². The van der Waals surface area contributed by atoms with E-state index in [4.69, 9.17) is 0 Å². The highest BCUT2D eigenvalue weighted by Crippen LogP contribution is 2.25. The van der Waals surface area contributed by atoms with Gasteiger partial charge >= 0.3 is 0 Å². The van der Waals surface area contributed by atoms with Gasteiger partial charge in [-0.15, -0.1) is 11.3 Å². The van der Waals surface area contributed by atoms with E-state index in [-0.39, 0.29) is 11.7 Å². The van der Waals surface area contributed by atoms with Gasteiger partial charge in [-0.3, -0.25) is 9.69 Å². The average Bonchev–Trinajstić information content (AvgIpc) is 3.44. The van der Waals surface area contributed by atoms with E-state index in [0.29, 0.717) is 30.8 Å². The molecule has 4 heterocycles. The Balaban J connectivity index is 1.30. The van der Waals surface area contributed by atoms with Gasteiger partial charge in [-0.25, -0.2) is 13.9 Å². The lowest BCUT2D eigenvalue weighted by Gasteiger charge is -2.34. The summed E-state index contributed by atoms with van der Waals surface area (Å²) in [5.41, 5.74) is 2.97. The van der Waals surface area contributed by atoms with Crippen LogP contribution in [0.4, 0.5) is 4.39 Å². The van der Waals surface area contributed by atoms with Crippen LogP contribution < -0.4 is 0 Å². The van der Waals surface area contributed by atoms with Crippen molar-refractivity contribution in [2.24, 2.45) is 0 Å². The lowest BCUT2D eigenvalue weighted by molar-refractivity contribution is 0.0630. The molecule has 0 saturated carbocycles. The fourth-order valence-corrected chi connectivity index (χ4v) is 4.56. The van der Waals surface area contributed by atoms with Crippen molar-refractivity contribution < 1.29 is 9.18 Å². The maximum Gasteiger partial charge on any atom is 0.259 e. The second-order valence-corrected chi connectivity index (χ2v) is 8.25. The maximum atomic E-state index is 13.4. The second-order valence-electron chi connectivity index (χ2n) is 7.30. The number of rotatable bonds is 4. The van der Waals surface area contributed by atoms with E-state index in [1.54, 1.807) is 40.4 Å². The minimum atomic E-state index is -0.219. The first-order valence-electron chi connectivity index (χ1n) is 9.82. The summed E-state index contributed by atoms with van der Waals surface area (Å²) in [5.74, 6) is -0.268. The molecule has 1 saturated heterocycles. The van der Waals surface area contributed by atoms with Gasteiger partial charge in [0.05, 0.1) is 16.8 Å². The van der Waals surface area contributed by atoms with Crippen LogP contribution in [-0.2, 0) is 6.54 Å². The van der Waals surface area contributed by atoms with Gasteiger partial charge in [0.2, 0.25) is 0 Å². The fraction of sp³-hybridized carbons (Fsp3) is 0.227. The molecule has 6 nitrogen and oxygen atoms in total. The Morgan fingerprint density at radius 3 is 2.73 bits per heavy atom. The Kier molecular flexibility index (Phi) is 5.02. The molecule has 4 aromatic rings. The molecule has 0 spiro atoms. The van der Waals surface area contributed by atoms with Crippen LogP contribution in [0.5, 0.6) is 0 Å². The zero-order valence-corrected chi connectivity index (χ0v) is 17.1. The number of fused-ring (bicyclic) bond motifs is 1. The number of hydrogen-bond donors (Lipinski definition) is 0. The van der Waals surface area contributed by atoms with Crippen molar-refractivity contribution in [3.05, 3.63) is 77.2 Å². The van der Waals surface area contributed by atoms with Crippen molar-refractivity contribution in [1.29, 1.82) is 0 Å². The lowest BCUT2D eigenvalue weighted by atomic mass is 10.2. The molecule has 1 fully saturated rings. The zero-order valence-electron chi connectivity index (χ0n) is 16.2. The number of aromatic nitrogens is 3. The second kappa shape index (κ2) is 7.97. The monoisotopic (exact) mass is 421 g/mol. The van der Waals surface area contributed by atoms with Gasteiger partial charge in [0.15, 0.2) is 5.65 Å². The van der Waals surface area contributed by atoms with Crippen LogP contribution in [0.3, 0.4) is 0 Å². The summed E-state index contributed by atoms with van der Waals surface area (Å²) in [6, 6.07) is 12.6. The Morgan fingerprint density at radius 2 is 1.97 bits per heavy atom. The van der Waals surface area contributed by atoms with E-state index in [1.165, 1.54) is 6.07 Å². The van der Waals surface area contributed by atoms with Crippen LogP contribution in [0.15, 0.2) is 60.2 Å². The van der Waals surface area contributed by atoms with Gasteiger partial charge in [-0.2, -0.15) is 5.10 Å². The predicted molar refractivity (Wildman–Crippen MR) is 114 cm³/mol. The Hall–Kier alpha value is -3.10. The number of thiophene rings is 1. The number of carbonyl (C=O) groups excluding carboxylic acids is 1. The van der Waals surface area contributed by atoms with Gasteiger partial charge in [-0.1, -0.05) is 18.2 Å². The molecule has 30 heavy (non-hydrogen) atoms. The summed E-state index contributed by atoms with van der Waals surface area (Å²) in [6.45, 7) is 3.42. The summed E-state index contributed by atoms with van der Waals surface area (Å²) in [4.78, 5) is 22.7. The van der Waals surface area contributed by atoms with E-state index in [9.17, 15) is 9.18 Å². The van der Waals surface area contributed by atoms with Gasteiger partial charge in [0.25, 0.3) is 5.91 Å². The molecule has 0 unspecified atom stereocenters. The third kappa shape index (κ3) is 3.59. The normalized spacial score (nSPS) is 15.0. The van der Waals surface area contributed by atoms with E-state index in [2.05, 4.69) is 15.0 Å². The summed E-state index contributed by atoms with van der Waals surface area (Å²) in [6.07, 6.45) is 3.33. The largest absolute Gasteiger partial charge is 0.336 e. The summed E-state index contributed by atoms with van der Waals surface area (Å²) >= 11 is 1.63.